The highest BCUT2D eigenvalue weighted by Crippen LogP contribution is 2.27. The fourth-order valence-corrected chi connectivity index (χ4v) is 2.16. The maximum Gasteiger partial charge on any atom is 0.348 e. The summed E-state index contributed by atoms with van der Waals surface area (Å²) in [5, 5.41) is 8.82. The molecule has 3 rings (SSSR count). The van der Waals surface area contributed by atoms with Gasteiger partial charge >= 0.3 is 11.9 Å². The van der Waals surface area contributed by atoms with Crippen LogP contribution in [0.15, 0.2) is 0 Å². The van der Waals surface area contributed by atoms with Gasteiger partial charge in [-0.05, 0) is 25.0 Å². The molecule has 1 heterocycles. The summed E-state index contributed by atoms with van der Waals surface area (Å²) in [6.45, 7) is 3.40. The van der Waals surface area contributed by atoms with Crippen molar-refractivity contribution in [3.63, 3.8) is 0 Å². The molecule has 2 fully saturated rings. The first kappa shape index (κ1) is 16.7. The van der Waals surface area contributed by atoms with Gasteiger partial charge in [0.2, 0.25) is 0 Å². The van der Waals surface area contributed by atoms with E-state index in [0.29, 0.717) is 16.0 Å². The molecule has 0 aliphatic heterocycles. The standard InChI is InChI=1S/C9H10O4S.2C3H6/c1-4-5(2)7(9(12)13-3)14-6(4)8(10)11;2*1-2-3-1/h1-3H3,(H,10,11);2*1-3H2. The van der Waals surface area contributed by atoms with E-state index >= 15 is 0 Å². The average Bonchev–Trinajstić information content (AvgIpc) is 3.30. The van der Waals surface area contributed by atoms with Crippen molar-refractivity contribution in [1.82, 2.24) is 0 Å². The number of hydrogen-bond acceptors (Lipinski definition) is 4. The maximum atomic E-state index is 11.2. The summed E-state index contributed by atoms with van der Waals surface area (Å²) in [6, 6.07) is 0. The van der Waals surface area contributed by atoms with Gasteiger partial charge in [0.25, 0.3) is 0 Å². The van der Waals surface area contributed by atoms with Crippen LogP contribution >= 0.6 is 11.3 Å². The van der Waals surface area contributed by atoms with Crippen molar-refractivity contribution in [3.05, 3.63) is 20.9 Å². The van der Waals surface area contributed by atoms with E-state index in [1.165, 1.54) is 45.6 Å². The van der Waals surface area contributed by atoms with Gasteiger partial charge in [-0.3, -0.25) is 0 Å². The largest absolute Gasteiger partial charge is 0.477 e. The minimum atomic E-state index is -1.01. The van der Waals surface area contributed by atoms with Crippen molar-refractivity contribution >= 4 is 23.3 Å². The second-order valence-corrected chi connectivity index (χ2v) is 5.95. The van der Waals surface area contributed by atoms with Crippen LogP contribution in [0.2, 0.25) is 0 Å². The van der Waals surface area contributed by atoms with Gasteiger partial charge in [0.1, 0.15) is 9.75 Å². The Hall–Kier alpha value is -1.36. The summed E-state index contributed by atoms with van der Waals surface area (Å²) in [6.07, 6.45) is 9.00. The van der Waals surface area contributed by atoms with Crippen molar-refractivity contribution in [2.75, 3.05) is 7.11 Å². The summed E-state index contributed by atoms with van der Waals surface area (Å²) in [5.74, 6) is -1.49. The lowest BCUT2D eigenvalue weighted by Gasteiger charge is -1.95. The molecule has 1 N–H and O–H groups in total. The number of hydrogen-bond donors (Lipinski definition) is 1. The third-order valence-corrected chi connectivity index (χ3v) is 4.08. The predicted molar refractivity (Wildman–Crippen MR) is 79.8 cm³/mol. The summed E-state index contributed by atoms with van der Waals surface area (Å²) in [7, 11) is 1.28. The van der Waals surface area contributed by atoms with Gasteiger partial charge in [-0.25, -0.2) is 9.59 Å². The first-order valence-electron chi connectivity index (χ1n) is 6.90. The number of ether oxygens (including phenoxy) is 1. The van der Waals surface area contributed by atoms with Crippen LogP contribution in [0.3, 0.4) is 0 Å². The molecule has 20 heavy (non-hydrogen) atoms. The first-order chi connectivity index (χ1) is 9.49. The predicted octanol–water partition coefficient (Wildman–Crippen LogP) is 4.19. The lowest BCUT2D eigenvalue weighted by atomic mass is 10.1. The van der Waals surface area contributed by atoms with Crippen molar-refractivity contribution in [2.24, 2.45) is 0 Å². The smallest absolute Gasteiger partial charge is 0.348 e. The Morgan fingerprint density at radius 2 is 1.35 bits per heavy atom. The van der Waals surface area contributed by atoms with Crippen molar-refractivity contribution in [2.45, 2.75) is 52.4 Å². The molecule has 1 aromatic rings. The summed E-state index contributed by atoms with van der Waals surface area (Å²) in [4.78, 5) is 22.5. The molecule has 2 saturated carbocycles. The SMILES string of the molecule is C1CC1.C1CC1.COC(=O)c1sc(C(=O)O)c(C)c1C. The van der Waals surface area contributed by atoms with Crippen LogP contribution < -0.4 is 0 Å². The van der Waals surface area contributed by atoms with E-state index < -0.39 is 11.9 Å². The van der Waals surface area contributed by atoms with E-state index in [0.717, 1.165) is 11.3 Å². The van der Waals surface area contributed by atoms with Gasteiger partial charge in [0.05, 0.1) is 7.11 Å². The van der Waals surface area contributed by atoms with Crippen LogP contribution in [0.25, 0.3) is 0 Å². The first-order valence-corrected chi connectivity index (χ1v) is 7.72. The van der Waals surface area contributed by atoms with Crippen molar-refractivity contribution < 1.29 is 19.4 Å². The molecule has 2 aliphatic rings. The van der Waals surface area contributed by atoms with Crippen LogP contribution in [0.4, 0.5) is 0 Å². The number of carboxylic acids is 1. The molecule has 0 unspecified atom stereocenters. The van der Waals surface area contributed by atoms with E-state index in [2.05, 4.69) is 4.74 Å². The highest BCUT2D eigenvalue weighted by atomic mass is 32.1. The molecule has 0 spiro atoms. The Morgan fingerprint density at radius 3 is 1.60 bits per heavy atom. The summed E-state index contributed by atoms with van der Waals surface area (Å²) in [5.41, 5.74) is 1.31. The minimum Gasteiger partial charge on any atom is -0.477 e. The third-order valence-electron chi connectivity index (χ3n) is 2.72. The average molecular weight is 298 g/mol. The molecular formula is C15H22O4S. The summed E-state index contributed by atoms with van der Waals surface area (Å²) >= 11 is 0.953. The number of aromatic carboxylic acids is 1. The molecule has 0 aromatic carbocycles. The number of carboxylic acid groups (broad SMARTS) is 1. The summed E-state index contributed by atoms with van der Waals surface area (Å²) < 4.78 is 4.54. The molecule has 2 aliphatic carbocycles. The topological polar surface area (TPSA) is 63.6 Å². The van der Waals surface area contributed by atoms with Crippen LogP contribution in [0.1, 0.15) is 69.0 Å². The number of methoxy groups -OCH3 is 1. The van der Waals surface area contributed by atoms with Gasteiger partial charge in [0.15, 0.2) is 0 Å². The van der Waals surface area contributed by atoms with Gasteiger partial charge in [-0.2, -0.15) is 0 Å². The zero-order valence-corrected chi connectivity index (χ0v) is 13.1. The third kappa shape index (κ3) is 5.74. The zero-order chi connectivity index (χ0) is 15.1. The van der Waals surface area contributed by atoms with Crippen LogP contribution in [0.5, 0.6) is 0 Å². The molecular weight excluding hydrogens is 276 g/mol. The molecule has 0 amide bonds. The fourth-order valence-electron chi connectivity index (χ4n) is 1.09. The zero-order valence-electron chi connectivity index (χ0n) is 12.3. The van der Waals surface area contributed by atoms with E-state index in [1.807, 2.05) is 0 Å². The monoisotopic (exact) mass is 298 g/mol. The number of carbonyl (C=O) groups excluding carboxylic acids is 1. The highest BCUT2D eigenvalue weighted by Gasteiger charge is 2.21. The molecule has 112 valence electrons. The van der Waals surface area contributed by atoms with Crippen LogP contribution in [-0.4, -0.2) is 24.2 Å². The molecule has 1 aromatic heterocycles. The minimum absolute atomic E-state index is 0.197. The van der Waals surface area contributed by atoms with Gasteiger partial charge in [0, 0.05) is 0 Å². The van der Waals surface area contributed by atoms with Crippen LogP contribution in [-0.2, 0) is 4.74 Å². The second-order valence-electron chi connectivity index (χ2n) is 4.93. The number of rotatable bonds is 2. The highest BCUT2D eigenvalue weighted by molar-refractivity contribution is 7.16. The Kier molecular flexibility index (Phi) is 6.71. The van der Waals surface area contributed by atoms with E-state index in [-0.39, 0.29) is 4.88 Å². The van der Waals surface area contributed by atoms with Crippen LogP contribution in [0, 0.1) is 13.8 Å². The number of esters is 1. The molecule has 0 saturated heterocycles. The number of thiophene rings is 1. The Labute approximate surface area is 123 Å². The van der Waals surface area contributed by atoms with Gasteiger partial charge in [-0.1, -0.05) is 38.5 Å². The Morgan fingerprint density at radius 1 is 0.950 bits per heavy atom. The Bertz CT molecular complexity index is 461. The fraction of sp³-hybridized carbons (Fsp3) is 0.600. The Balaban J connectivity index is 0.000000269. The number of carbonyl (C=O) groups is 2. The molecule has 0 atom stereocenters. The van der Waals surface area contributed by atoms with E-state index in [1.54, 1.807) is 13.8 Å². The molecule has 0 bridgehead atoms. The second kappa shape index (κ2) is 8.04. The normalized spacial score (nSPS) is 14.2. The van der Waals surface area contributed by atoms with E-state index in [9.17, 15) is 9.59 Å². The molecule has 4 nitrogen and oxygen atoms in total. The molecule has 5 heteroatoms. The van der Waals surface area contributed by atoms with Gasteiger partial charge in [-0.15, -0.1) is 11.3 Å². The lowest BCUT2D eigenvalue weighted by Crippen LogP contribution is -1.99. The quantitative estimate of drug-likeness (QED) is 0.831. The molecule has 0 radical (unpaired) electrons. The van der Waals surface area contributed by atoms with E-state index in [4.69, 9.17) is 5.11 Å². The maximum absolute atomic E-state index is 11.2. The van der Waals surface area contributed by atoms with Crippen molar-refractivity contribution in [3.8, 4) is 0 Å². The van der Waals surface area contributed by atoms with Crippen molar-refractivity contribution in [1.29, 1.82) is 0 Å². The lowest BCUT2D eigenvalue weighted by molar-refractivity contribution is 0.0604. The van der Waals surface area contributed by atoms with Gasteiger partial charge < -0.3 is 9.84 Å².